The van der Waals surface area contributed by atoms with Crippen LogP contribution in [0.1, 0.15) is 26.6 Å². The number of rotatable bonds is 6. The molecule has 90 valence electrons. The number of aromatic amines is 1. The van der Waals surface area contributed by atoms with Crippen LogP contribution < -0.4 is 10.3 Å². The van der Waals surface area contributed by atoms with Gasteiger partial charge in [-0.05, 0) is 13.8 Å². The molecule has 1 heterocycles. The van der Waals surface area contributed by atoms with Crippen LogP contribution in [0, 0.1) is 0 Å². The van der Waals surface area contributed by atoms with Crippen LogP contribution in [-0.4, -0.2) is 29.3 Å². The lowest BCUT2D eigenvalue weighted by molar-refractivity contribution is 0.0541. The van der Waals surface area contributed by atoms with Gasteiger partial charge in [0.15, 0.2) is 0 Å². The fourth-order valence-corrected chi connectivity index (χ4v) is 1.16. The Bertz CT molecular complexity index is 374. The van der Waals surface area contributed by atoms with Crippen LogP contribution in [0.15, 0.2) is 10.9 Å². The van der Waals surface area contributed by atoms with Crippen LogP contribution in [0.2, 0.25) is 0 Å². The average Bonchev–Trinajstić information content (AvgIpc) is 2.23. The summed E-state index contributed by atoms with van der Waals surface area (Å²) in [5, 5.41) is 0. The quantitative estimate of drug-likeness (QED) is 0.739. The number of H-pyrrole nitrogens is 1. The standard InChI is InChI=1S/C11H18N2O3/c1-4-9-12-10(14)7-11(13-9)16-6-5-15-8(2)3/h7-8H,4-6H2,1-3H3,(H,12,13,14). The van der Waals surface area contributed by atoms with Crippen molar-refractivity contribution < 1.29 is 9.47 Å². The second kappa shape index (κ2) is 6.27. The molecule has 0 aliphatic carbocycles. The third-order valence-electron chi connectivity index (χ3n) is 1.89. The lowest BCUT2D eigenvalue weighted by Gasteiger charge is -2.08. The van der Waals surface area contributed by atoms with E-state index in [0.29, 0.717) is 31.3 Å². The van der Waals surface area contributed by atoms with Gasteiger partial charge in [-0.1, -0.05) is 6.92 Å². The predicted octanol–water partition coefficient (Wildman–Crippen LogP) is 1.14. The Morgan fingerprint density at radius 3 is 2.81 bits per heavy atom. The summed E-state index contributed by atoms with van der Waals surface area (Å²) in [4.78, 5) is 18.0. The molecule has 0 unspecified atom stereocenters. The molecular weight excluding hydrogens is 208 g/mol. The molecule has 0 radical (unpaired) electrons. The van der Waals surface area contributed by atoms with Gasteiger partial charge in [-0.2, -0.15) is 0 Å². The molecule has 0 saturated carbocycles. The van der Waals surface area contributed by atoms with Crippen LogP contribution in [0.3, 0.4) is 0 Å². The zero-order chi connectivity index (χ0) is 12.0. The van der Waals surface area contributed by atoms with Gasteiger partial charge in [-0.15, -0.1) is 0 Å². The fourth-order valence-electron chi connectivity index (χ4n) is 1.16. The minimum Gasteiger partial charge on any atom is -0.475 e. The number of nitrogens with zero attached hydrogens (tertiary/aromatic N) is 1. The van der Waals surface area contributed by atoms with Gasteiger partial charge >= 0.3 is 0 Å². The molecule has 0 aromatic carbocycles. The molecule has 1 N–H and O–H groups in total. The third kappa shape index (κ3) is 4.44. The number of hydrogen-bond donors (Lipinski definition) is 1. The molecule has 0 atom stereocenters. The van der Waals surface area contributed by atoms with Crippen molar-refractivity contribution in [2.75, 3.05) is 13.2 Å². The highest BCUT2D eigenvalue weighted by Gasteiger charge is 2.01. The predicted molar refractivity (Wildman–Crippen MR) is 60.8 cm³/mol. The summed E-state index contributed by atoms with van der Waals surface area (Å²) in [5.74, 6) is 0.986. The molecule has 16 heavy (non-hydrogen) atoms. The summed E-state index contributed by atoms with van der Waals surface area (Å²) < 4.78 is 10.6. The van der Waals surface area contributed by atoms with E-state index in [1.165, 1.54) is 6.07 Å². The van der Waals surface area contributed by atoms with E-state index in [-0.39, 0.29) is 11.7 Å². The van der Waals surface area contributed by atoms with Crippen LogP contribution in [0.4, 0.5) is 0 Å². The summed E-state index contributed by atoms with van der Waals surface area (Å²) in [6.45, 7) is 6.73. The van der Waals surface area contributed by atoms with E-state index in [1.807, 2.05) is 20.8 Å². The first-order valence-electron chi connectivity index (χ1n) is 5.46. The molecule has 5 nitrogen and oxygen atoms in total. The highest BCUT2D eigenvalue weighted by molar-refractivity contribution is 5.08. The fraction of sp³-hybridized carbons (Fsp3) is 0.636. The van der Waals surface area contributed by atoms with E-state index in [2.05, 4.69) is 9.97 Å². The Morgan fingerprint density at radius 2 is 2.19 bits per heavy atom. The zero-order valence-electron chi connectivity index (χ0n) is 9.95. The Morgan fingerprint density at radius 1 is 1.44 bits per heavy atom. The Balaban J connectivity index is 2.47. The number of aryl methyl sites for hydroxylation is 1. The Hall–Kier alpha value is -1.36. The second-order valence-electron chi connectivity index (χ2n) is 3.65. The first kappa shape index (κ1) is 12.7. The number of hydrogen-bond acceptors (Lipinski definition) is 4. The van der Waals surface area contributed by atoms with Gasteiger partial charge in [0.1, 0.15) is 12.4 Å². The van der Waals surface area contributed by atoms with E-state index in [4.69, 9.17) is 9.47 Å². The summed E-state index contributed by atoms with van der Waals surface area (Å²) in [7, 11) is 0. The summed E-state index contributed by atoms with van der Waals surface area (Å²) in [6, 6.07) is 1.34. The highest BCUT2D eigenvalue weighted by Crippen LogP contribution is 2.02. The lowest BCUT2D eigenvalue weighted by atomic mass is 10.4. The first-order chi connectivity index (χ1) is 7.61. The molecule has 1 aromatic rings. The van der Waals surface area contributed by atoms with E-state index in [0.717, 1.165) is 0 Å². The highest BCUT2D eigenvalue weighted by atomic mass is 16.5. The first-order valence-corrected chi connectivity index (χ1v) is 5.46. The molecule has 5 heteroatoms. The largest absolute Gasteiger partial charge is 0.475 e. The Labute approximate surface area is 94.8 Å². The van der Waals surface area contributed by atoms with Crippen molar-refractivity contribution in [2.45, 2.75) is 33.3 Å². The zero-order valence-corrected chi connectivity index (χ0v) is 9.95. The normalized spacial score (nSPS) is 10.8. The molecule has 1 rings (SSSR count). The van der Waals surface area contributed by atoms with Gasteiger partial charge in [-0.3, -0.25) is 4.79 Å². The molecule has 0 amide bonds. The van der Waals surface area contributed by atoms with Crippen molar-refractivity contribution in [3.63, 3.8) is 0 Å². The van der Waals surface area contributed by atoms with Crippen molar-refractivity contribution in [3.05, 3.63) is 22.2 Å². The van der Waals surface area contributed by atoms with Crippen molar-refractivity contribution in [1.29, 1.82) is 0 Å². The molecule has 0 fully saturated rings. The second-order valence-corrected chi connectivity index (χ2v) is 3.65. The average molecular weight is 226 g/mol. The van der Waals surface area contributed by atoms with Crippen LogP contribution >= 0.6 is 0 Å². The monoisotopic (exact) mass is 226 g/mol. The van der Waals surface area contributed by atoms with Crippen molar-refractivity contribution in [1.82, 2.24) is 9.97 Å². The van der Waals surface area contributed by atoms with Crippen molar-refractivity contribution in [3.8, 4) is 5.88 Å². The van der Waals surface area contributed by atoms with Gasteiger partial charge in [-0.25, -0.2) is 4.98 Å². The van der Waals surface area contributed by atoms with E-state index < -0.39 is 0 Å². The van der Waals surface area contributed by atoms with Crippen LogP contribution in [0.5, 0.6) is 5.88 Å². The van der Waals surface area contributed by atoms with Crippen LogP contribution in [-0.2, 0) is 11.2 Å². The van der Waals surface area contributed by atoms with Gasteiger partial charge < -0.3 is 14.5 Å². The molecule has 0 bridgehead atoms. The van der Waals surface area contributed by atoms with E-state index in [9.17, 15) is 4.79 Å². The Kier molecular flexibility index (Phi) is 4.98. The SMILES string of the molecule is CCc1nc(OCCOC(C)C)cc(=O)[nH]1. The van der Waals surface area contributed by atoms with Gasteiger partial charge in [0.05, 0.1) is 18.8 Å². The maximum Gasteiger partial charge on any atom is 0.254 e. The molecule has 0 saturated heterocycles. The third-order valence-corrected chi connectivity index (χ3v) is 1.89. The number of ether oxygens (including phenoxy) is 2. The van der Waals surface area contributed by atoms with Crippen LogP contribution in [0.25, 0.3) is 0 Å². The minimum atomic E-state index is -0.188. The lowest BCUT2D eigenvalue weighted by Crippen LogP contribution is -2.15. The maximum atomic E-state index is 11.2. The molecule has 0 aliphatic rings. The maximum absolute atomic E-state index is 11.2. The summed E-state index contributed by atoms with van der Waals surface area (Å²) in [6.07, 6.45) is 0.858. The number of aromatic nitrogens is 2. The topological polar surface area (TPSA) is 64.2 Å². The molecule has 0 spiro atoms. The van der Waals surface area contributed by atoms with E-state index >= 15 is 0 Å². The molecule has 0 aliphatic heterocycles. The smallest absolute Gasteiger partial charge is 0.254 e. The molecular formula is C11H18N2O3. The summed E-state index contributed by atoms with van der Waals surface area (Å²) >= 11 is 0. The van der Waals surface area contributed by atoms with Gasteiger partial charge in [0.25, 0.3) is 5.56 Å². The summed E-state index contributed by atoms with van der Waals surface area (Å²) in [5.41, 5.74) is -0.188. The van der Waals surface area contributed by atoms with Gasteiger partial charge in [0.2, 0.25) is 5.88 Å². The van der Waals surface area contributed by atoms with Gasteiger partial charge in [0, 0.05) is 6.42 Å². The number of nitrogens with one attached hydrogen (secondary N) is 1. The molecule has 1 aromatic heterocycles. The van der Waals surface area contributed by atoms with E-state index in [1.54, 1.807) is 0 Å². The minimum absolute atomic E-state index is 0.182. The van der Waals surface area contributed by atoms with Crippen molar-refractivity contribution >= 4 is 0 Å². The van der Waals surface area contributed by atoms with Crippen molar-refractivity contribution in [2.24, 2.45) is 0 Å².